The van der Waals surface area contributed by atoms with Crippen molar-refractivity contribution in [3.63, 3.8) is 0 Å². The summed E-state index contributed by atoms with van der Waals surface area (Å²) in [6.07, 6.45) is 46.1. The molecule has 41 heavy (non-hydrogen) atoms. The van der Waals surface area contributed by atoms with E-state index in [0.717, 1.165) is 65.7 Å². The normalized spacial score (nSPS) is 43.4. The predicted molar refractivity (Wildman–Crippen MR) is 175 cm³/mol. The topological polar surface area (TPSA) is 29.3 Å². The van der Waals surface area contributed by atoms with E-state index in [0.29, 0.717) is 6.04 Å². The molecule has 0 bridgehead atoms. The van der Waals surface area contributed by atoms with E-state index in [-0.39, 0.29) is 0 Å². The fourth-order valence-corrected chi connectivity index (χ4v) is 11.0. The highest BCUT2D eigenvalue weighted by Gasteiger charge is 2.49. The van der Waals surface area contributed by atoms with Gasteiger partial charge in [0, 0.05) is 18.6 Å². The molecule has 0 aromatic rings. The van der Waals surface area contributed by atoms with Crippen molar-refractivity contribution in [1.29, 1.82) is 0 Å². The largest absolute Gasteiger partial charge is 0.405 e. The van der Waals surface area contributed by atoms with Gasteiger partial charge < -0.3 is 5.73 Å². The van der Waals surface area contributed by atoms with Crippen LogP contribution in [0.2, 0.25) is 0 Å². The van der Waals surface area contributed by atoms with E-state index in [9.17, 15) is 0 Å². The van der Waals surface area contributed by atoms with Gasteiger partial charge in [-0.05, 0) is 149 Å². The Balaban J connectivity index is 1.29. The van der Waals surface area contributed by atoms with Gasteiger partial charge in [-0.25, -0.2) is 0 Å². The van der Waals surface area contributed by atoms with Gasteiger partial charge in [0.05, 0.1) is 0 Å². The number of allylic oxidation sites excluding steroid dienone is 8. The van der Waals surface area contributed by atoms with Crippen LogP contribution in [0, 0.1) is 53.3 Å². The lowest BCUT2D eigenvalue weighted by Gasteiger charge is -2.56. The fraction of sp³-hybridized carbons (Fsp3) is 0.744. The molecule has 11 atom stereocenters. The summed E-state index contributed by atoms with van der Waals surface area (Å²) in [5.74, 6) is 7.71. The number of unbranched alkanes of at least 4 members (excludes halogenated alkanes) is 1. The van der Waals surface area contributed by atoms with Crippen LogP contribution < -0.4 is 5.73 Å². The smallest absolute Gasteiger partial charge is 0.0281 e. The summed E-state index contributed by atoms with van der Waals surface area (Å²) in [5.41, 5.74) is 5.73. The van der Waals surface area contributed by atoms with Gasteiger partial charge >= 0.3 is 0 Å². The second kappa shape index (κ2) is 14.3. The van der Waals surface area contributed by atoms with E-state index in [1.165, 1.54) is 103 Å². The monoisotopic (exact) mass is 556 g/mol. The molecule has 1 aliphatic heterocycles. The lowest BCUT2D eigenvalue weighted by molar-refractivity contribution is -0.0587. The highest BCUT2D eigenvalue weighted by atomic mass is 15.2. The van der Waals surface area contributed by atoms with Crippen molar-refractivity contribution in [2.45, 2.75) is 122 Å². The van der Waals surface area contributed by atoms with Crippen LogP contribution >= 0.6 is 0 Å². The molecule has 3 fully saturated rings. The van der Waals surface area contributed by atoms with Crippen LogP contribution in [0.3, 0.4) is 0 Å². The maximum absolute atomic E-state index is 5.73. The van der Waals surface area contributed by atoms with Crippen LogP contribution in [0.5, 0.6) is 0 Å². The van der Waals surface area contributed by atoms with E-state index in [2.05, 4.69) is 66.5 Å². The summed E-state index contributed by atoms with van der Waals surface area (Å²) in [7, 11) is 0. The number of fused-ring (bicyclic) bond motifs is 2. The van der Waals surface area contributed by atoms with Gasteiger partial charge in [0.1, 0.15) is 0 Å². The van der Waals surface area contributed by atoms with Crippen LogP contribution in [0.25, 0.3) is 0 Å². The number of likely N-dealkylation sites (tertiary alicyclic amines) is 1. The van der Waals surface area contributed by atoms with Crippen molar-refractivity contribution < 1.29 is 0 Å². The molecule has 5 aliphatic carbocycles. The quantitative estimate of drug-likeness (QED) is 0.250. The van der Waals surface area contributed by atoms with Crippen molar-refractivity contribution in [3.8, 4) is 0 Å². The molecule has 1 heterocycles. The first-order valence-electron chi connectivity index (χ1n) is 18.0. The van der Waals surface area contributed by atoms with Gasteiger partial charge in [-0.2, -0.15) is 0 Å². The number of nitrogens with zero attached hydrogens (tertiary/aromatic N) is 1. The van der Waals surface area contributed by atoms with Crippen LogP contribution in [-0.4, -0.2) is 23.5 Å². The lowest BCUT2D eigenvalue weighted by atomic mass is 9.57. The Morgan fingerprint density at radius 1 is 0.805 bits per heavy atom. The Labute approximate surface area is 252 Å². The zero-order valence-corrected chi connectivity index (χ0v) is 26.2. The second-order valence-electron chi connectivity index (χ2n) is 15.0. The minimum Gasteiger partial charge on any atom is -0.405 e. The zero-order valence-electron chi connectivity index (χ0n) is 26.2. The van der Waals surface area contributed by atoms with Crippen LogP contribution in [0.1, 0.15) is 110 Å². The molecule has 0 radical (unpaired) electrons. The molecule has 2 heteroatoms. The van der Waals surface area contributed by atoms with E-state index < -0.39 is 0 Å². The lowest BCUT2D eigenvalue weighted by Crippen LogP contribution is -2.57. The molecule has 0 aromatic heterocycles. The van der Waals surface area contributed by atoms with E-state index in [1.54, 1.807) is 6.20 Å². The molecular weight excluding hydrogens is 496 g/mol. The molecule has 226 valence electrons. The third-order valence-corrected chi connectivity index (χ3v) is 13.0. The SMILES string of the molecule is CC1C2CCCCC2C(CCC/C=C\N)CN([C@H]2C=CCCC2)C2CC(C3C=CCCC3C3C=CC=CC3)CCC12. The van der Waals surface area contributed by atoms with Gasteiger partial charge in [0.15, 0.2) is 0 Å². The fourth-order valence-electron chi connectivity index (χ4n) is 11.0. The Morgan fingerprint density at radius 3 is 2.49 bits per heavy atom. The summed E-state index contributed by atoms with van der Waals surface area (Å²) in [5, 5.41) is 0. The Kier molecular flexibility index (Phi) is 10.3. The Morgan fingerprint density at radius 2 is 1.68 bits per heavy atom. The molecule has 0 amide bonds. The summed E-state index contributed by atoms with van der Waals surface area (Å²) < 4.78 is 0. The van der Waals surface area contributed by atoms with Crippen molar-refractivity contribution in [2.75, 3.05) is 6.54 Å². The van der Waals surface area contributed by atoms with Crippen LogP contribution in [0.15, 0.2) is 60.9 Å². The summed E-state index contributed by atoms with van der Waals surface area (Å²) in [6.45, 7) is 4.07. The van der Waals surface area contributed by atoms with Crippen LogP contribution in [-0.2, 0) is 0 Å². The first-order valence-corrected chi connectivity index (χ1v) is 18.0. The first-order chi connectivity index (χ1) is 20.2. The van der Waals surface area contributed by atoms with Gasteiger partial charge in [-0.3, -0.25) is 4.90 Å². The predicted octanol–water partition coefficient (Wildman–Crippen LogP) is 9.61. The van der Waals surface area contributed by atoms with E-state index in [4.69, 9.17) is 5.73 Å². The molecule has 6 rings (SSSR count). The molecule has 0 spiro atoms. The molecule has 2 saturated carbocycles. The Bertz CT molecular complexity index is 972. The highest BCUT2D eigenvalue weighted by molar-refractivity contribution is 5.15. The Hall–Kier alpha value is -1.54. The maximum Gasteiger partial charge on any atom is 0.0281 e. The number of nitrogens with two attached hydrogens (primary N) is 1. The van der Waals surface area contributed by atoms with Crippen molar-refractivity contribution in [1.82, 2.24) is 4.90 Å². The minimum absolute atomic E-state index is 0.665. The van der Waals surface area contributed by atoms with Gasteiger partial charge in [0.2, 0.25) is 0 Å². The van der Waals surface area contributed by atoms with Gasteiger partial charge in [0.25, 0.3) is 0 Å². The zero-order chi connectivity index (χ0) is 28.0. The first kappa shape index (κ1) is 29.5. The molecule has 2 N–H and O–H groups in total. The molecule has 1 saturated heterocycles. The number of hydrogen-bond donors (Lipinski definition) is 1. The van der Waals surface area contributed by atoms with Crippen LogP contribution in [0.4, 0.5) is 0 Å². The summed E-state index contributed by atoms with van der Waals surface area (Å²) >= 11 is 0. The summed E-state index contributed by atoms with van der Waals surface area (Å²) in [6, 6.07) is 1.43. The number of rotatable bonds is 7. The molecular formula is C39H60N2. The third kappa shape index (κ3) is 6.68. The second-order valence-corrected chi connectivity index (χ2v) is 15.0. The molecule has 2 nitrogen and oxygen atoms in total. The van der Waals surface area contributed by atoms with Gasteiger partial charge in [-0.1, -0.05) is 74.4 Å². The standard InChI is InChI=1S/C39H60N2/c1-29-34-20-10-11-23-38(34)32(17-7-4-14-26-40)28-41(33-18-8-3-9-19-33)39-27-31(24-25-35(29)39)37-22-13-12-21-36(37)30-15-5-2-6-16-30/h2,5-6,8,13-15,18,22,26,29-39H,3-4,7,9-12,16-17,19-21,23-25,27-28,40H2,1H3/b26-14-/t29?,30?,31?,32?,33-,34?,35?,36?,37?,38?,39?/m0/s1. The summed E-state index contributed by atoms with van der Waals surface area (Å²) in [4.78, 5) is 3.15. The van der Waals surface area contributed by atoms with E-state index >= 15 is 0 Å². The van der Waals surface area contributed by atoms with Crippen molar-refractivity contribution >= 4 is 0 Å². The maximum atomic E-state index is 5.73. The molecule has 0 aromatic carbocycles. The van der Waals surface area contributed by atoms with Gasteiger partial charge in [-0.15, -0.1) is 0 Å². The molecule has 10 unspecified atom stereocenters. The highest BCUT2D eigenvalue weighted by Crippen LogP contribution is 2.53. The van der Waals surface area contributed by atoms with Crippen molar-refractivity contribution in [3.05, 3.63) is 60.9 Å². The minimum atomic E-state index is 0.665. The van der Waals surface area contributed by atoms with Crippen molar-refractivity contribution in [2.24, 2.45) is 59.0 Å². The van der Waals surface area contributed by atoms with E-state index in [1.807, 2.05) is 0 Å². The molecule has 6 aliphatic rings. The third-order valence-electron chi connectivity index (χ3n) is 13.0. The average Bonchev–Trinajstić information content (AvgIpc) is 3.04. The average molecular weight is 557 g/mol. The number of hydrogen-bond acceptors (Lipinski definition) is 2.